The Labute approximate surface area is 130 Å². The van der Waals surface area contributed by atoms with Crippen molar-refractivity contribution in [1.82, 2.24) is 0 Å². The van der Waals surface area contributed by atoms with Crippen molar-refractivity contribution in [1.29, 1.82) is 0 Å². The van der Waals surface area contributed by atoms with Crippen LogP contribution in [0.4, 0.5) is 0 Å². The van der Waals surface area contributed by atoms with Crippen LogP contribution in [0.15, 0.2) is 0 Å². The molecule has 0 aromatic carbocycles. The number of aliphatic hydroxyl groups is 1. The molecule has 3 atom stereocenters. The van der Waals surface area contributed by atoms with Crippen LogP contribution in [0.1, 0.15) is 71.1 Å². The molecule has 1 aliphatic rings. The largest absolute Gasteiger partial charge is 0.389 e. The van der Waals surface area contributed by atoms with Crippen LogP contribution in [0, 0.1) is 0 Å². The summed E-state index contributed by atoms with van der Waals surface area (Å²) in [6.45, 7) is 3.92. The first-order valence-corrected chi connectivity index (χ1v) is 8.88. The van der Waals surface area contributed by atoms with Gasteiger partial charge in [0, 0.05) is 6.61 Å². The lowest BCUT2D eigenvalue weighted by atomic mass is 10.1. The first-order valence-electron chi connectivity index (χ1n) is 8.88. The van der Waals surface area contributed by atoms with Gasteiger partial charge in [-0.1, -0.05) is 64.7 Å². The van der Waals surface area contributed by atoms with Gasteiger partial charge in [-0.3, -0.25) is 0 Å². The van der Waals surface area contributed by atoms with Crippen molar-refractivity contribution in [3.63, 3.8) is 0 Å². The van der Waals surface area contributed by atoms with Crippen molar-refractivity contribution < 1.29 is 14.6 Å². The zero-order valence-corrected chi connectivity index (χ0v) is 13.8. The molecule has 0 aromatic heterocycles. The molecule has 1 saturated heterocycles. The van der Waals surface area contributed by atoms with Crippen molar-refractivity contribution in [2.24, 2.45) is 5.73 Å². The molecule has 1 aliphatic heterocycles. The Balaban J connectivity index is 1.77. The third kappa shape index (κ3) is 8.77. The Morgan fingerprint density at radius 1 is 1.00 bits per heavy atom. The van der Waals surface area contributed by atoms with Gasteiger partial charge in [-0.15, -0.1) is 0 Å². The molecule has 4 heteroatoms. The van der Waals surface area contributed by atoms with Crippen LogP contribution in [-0.4, -0.2) is 43.2 Å². The maximum Gasteiger partial charge on any atom is 0.108 e. The number of ether oxygens (including phenoxy) is 2. The van der Waals surface area contributed by atoms with Crippen LogP contribution in [-0.2, 0) is 9.47 Å². The second kappa shape index (κ2) is 12.4. The van der Waals surface area contributed by atoms with E-state index in [1.807, 2.05) is 0 Å². The van der Waals surface area contributed by atoms with E-state index in [0.717, 1.165) is 13.0 Å². The smallest absolute Gasteiger partial charge is 0.108 e. The summed E-state index contributed by atoms with van der Waals surface area (Å²) in [7, 11) is 0. The lowest BCUT2D eigenvalue weighted by molar-refractivity contribution is -0.0251. The van der Waals surface area contributed by atoms with Gasteiger partial charge in [0.15, 0.2) is 0 Å². The second-order valence-electron chi connectivity index (χ2n) is 6.28. The Morgan fingerprint density at radius 3 is 2.10 bits per heavy atom. The summed E-state index contributed by atoms with van der Waals surface area (Å²) >= 11 is 0. The van der Waals surface area contributed by atoms with Gasteiger partial charge in [-0.25, -0.2) is 0 Å². The number of aliphatic hydroxyl groups excluding tert-OH is 1. The lowest BCUT2D eigenvalue weighted by Gasteiger charge is -2.15. The van der Waals surface area contributed by atoms with Gasteiger partial charge in [-0.2, -0.15) is 0 Å². The zero-order chi connectivity index (χ0) is 15.3. The van der Waals surface area contributed by atoms with Crippen molar-refractivity contribution in [3.8, 4) is 0 Å². The molecule has 3 N–H and O–H groups in total. The molecule has 4 nitrogen and oxygen atoms in total. The molecular weight excluding hydrogens is 266 g/mol. The standard InChI is InChI=1S/C17H35NO3/c1-2-3-4-5-6-7-8-9-10-11-12-20-14-16-17(19)15(18)13-21-16/h15-17,19H,2-14,18H2,1H3/t15-,16-,17+/m0/s1. The minimum absolute atomic E-state index is 0.233. The molecule has 1 fully saturated rings. The van der Waals surface area contributed by atoms with E-state index in [9.17, 15) is 5.11 Å². The van der Waals surface area contributed by atoms with Gasteiger partial charge in [-0.05, 0) is 6.42 Å². The Morgan fingerprint density at radius 2 is 1.57 bits per heavy atom. The molecule has 0 aromatic rings. The van der Waals surface area contributed by atoms with Crippen molar-refractivity contribution in [2.45, 2.75) is 89.4 Å². The maximum atomic E-state index is 9.70. The molecule has 0 amide bonds. The summed E-state index contributed by atoms with van der Waals surface area (Å²) in [5, 5.41) is 9.70. The molecule has 126 valence electrons. The third-order valence-corrected chi connectivity index (χ3v) is 4.25. The van der Waals surface area contributed by atoms with E-state index in [2.05, 4.69) is 6.92 Å². The predicted molar refractivity (Wildman–Crippen MR) is 86.4 cm³/mol. The van der Waals surface area contributed by atoms with E-state index in [1.165, 1.54) is 57.8 Å². The number of hydrogen-bond acceptors (Lipinski definition) is 4. The molecule has 0 radical (unpaired) electrons. The first kappa shape index (κ1) is 18.9. The van der Waals surface area contributed by atoms with Gasteiger partial charge in [0.1, 0.15) is 6.10 Å². The van der Waals surface area contributed by atoms with Gasteiger partial charge in [0.25, 0.3) is 0 Å². The van der Waals surface area contributed by atoms with E-state index < -0.39 is 6.10 Å². The van der Waals surface area contributed by atoms with Gasteiger partial charge in [0.2, 0.25) is 0 Å². The quantitative estimate of drug-likeness (QED) is 0.513. The number of hydrogen-bond donors (Lipinski definition) is 2. The fraction of sp³-hybridized carbons (Fsp3) is 1.00. The summed E-state index contributed by atoms with van der Waals surface area (Å²) in [4.78, 5) is 0. The van der Waals surface area contributed by atoms with Crippen molar-refractivity contribution in [2.75, 3.05) is 19.8 Å². The monoisotopic (exact) mass is 301 g/mol. The summed E-state index contributed by atoms with van der Waals surface area (Å²) in [6.07, 6.45) is 12.5. The van der Waals surface area contributed by atoms with Crippen LogP contribution in [0.3, 0.4) is 0 Å². The molecule has 0 saturated carbocycles. The third-order valence-electron chi connectivity index (χ3n) is 4.25. The zero-order valence-electron chi connectivity index (χ0n) is 13.8. The van der Waals surface area contributed by atoms with Gasteiger partial charge < -0.3 is 20.3 Å². The molecule has 0 aliphatic carbocycles. The van der Waals surface area contributed by atoms with E-state index >= 15 is 0 Å². The molecule has 0 bridgehead atoms. The predicted octanol–water partition coefficient (Wildman–Crippen LogP) is 3.01. The van der Waals surface area contributed by atoms with Crippen LogP contribution in [0.25, 0.3) is 0 Å². The molecule has 1 heterocycles. The summed E-state index contributed by atoms with van der Waals surface area (Å²) in [6, 6.07) is -0.254. The highest BCUT2D eigenvalue weighted by molar-refractivity contribution is 4.85. The van der Waals surface area contributed by atoms with Crippen LogP contribution in [0.2, 0.25) is 0 Å². The number of unbranched alkanes of at least 4 members (excludes halogenated alkanes) is 9. The van der Waals surface area contributed by atoms with Crippen LogP contribution in [0.5, 0.6) is 0 Å². The van der Waals surface area contributed by atoms with Crippen molar-refractivity contribution in [3.05, 3.63) is 0 Å². The topological polar surface area (TPSA) is 64.7 Å². The van der Waals surface area contributed by atoms with Crippen LogP contribution < -0.4 is 5.73 Å². The van der Waals surface area contributed by atoms with E-state index in [0.29, 0.717) is 13.2 Å². The highest BCUT2D eigenvalue weighted by Crippen LogP contribution is 2.13. The van der Waals surface area contributed by atoms with Gasteiger partial charge >= 0.3 is 0 Å². The Hall–Kier alpha value is -0.160. The molecule has 1 rings (SSSR count). The SMILES string of the molecule is CCCCCCCCCCCCOC[C@@H]1OC[C@H](N)[C@H]1O. The second-order valence-corrected chi connectivity index (χ2v) is 6.28. The van der Waals surface area contributed by atoms with Gasteiger partial charge in [0.05, 0.1) is 25.4 Å². The highest BCUT2D eigenvalue weighted by Gasteiger charge is 2.33. The summed E-state index contributed by atoms with van der Waals surface area (Å²) < 4.78 is 10.9. The van der Waals surface area contributed by atoms with E-state index in [-0.39, 0.29) is 12.1 Å². The average Bonchev–Trinajstić information content (AvgIpc) is 2.80. The lowest BCUT2D eigenvalue weighted by Crippen LogP contribution is -2.38. The normalized spacial score (nSPS) is 25.6. The number of nitrogens with two attached hydrogens (primary N) is 1. The Bertz CT molecular complexity index is 238. The first-order chi connectivity index (χ1) is 10.3. The minimum Gasteiger partial charge on any atom is -0.389 e. The molecule has 0 spiro atoms. The molecule has 21 heavy (non-hydrogen) atoms. The maximum absolute atomic E-state index is 9.70. The van der Waals surface area contributed by atoms with E-state index in [4.69, 9.17) is 15.2 Å². The van der Waals surface area contributed by atoms with E-state index in [1.54, 1.807) is 0 Å². The minimum atomic E-state index is -0.572. The fourth-order valence-electron chi connectivity index (χ4n) is 2.75. The molecular formula is C17H35NO3. The number of rotatable bonds is 13. The Kier molecular flexibility index (Phi) is 11.1. The fourth-order valence-corrected chi connectivity index (χ4v) is 2.75. The highest BCUT2D eigenvalue weighted by atomic mass is 16.5. The van der Waals surface area contributed by atoms with Crippen LogP contribution >= 0.6 is 0 Å². The summed E-state index contributed by atoms with van der Waals surface area (Å²) in [5.74, 6) is 0. The average molecular weight is 301 g/mol. The van der Waals surface area contributed by atoms with Crippen molar-refractivity contribution >= 4 is 0 Å². The summed E-state index contributed by atoms with van der Waals surface area (Å²) in [5.41, 5.74) is 5.67. The molecule has 0 unspecified atom stereocenters.